The molecule has 1 unspecified atom stereocenters. The van der Waals surface area contributed by atoms with Gasteiger partial charge in [0.1, 0.15) is 17.1 Å². The molecule has 0 aromatic carbocycles. The molecular formula is C13H13F3N6O3S3. The number of halogens is 3. The first-order valence-electron chi connectivity index (χ1n) is 7.69. The Hall–Kier alpha value is -1.87. The number of nitrogens with zero attached hydrogens (tertiary/aromatic N) is 5. The number of carbonyl (C=O) groups is 2. The summed E-state index contributed by atoms with van der Waals surface area (Å²) in [4.78, 5) is 24.7. The van der Waals surface area contributed by atoms with Crippen molar-refractivity contribution >= 4 is 52.6 Å². The highest BCUT2D eigenvalue weighted by Gasteiger charge is 2.54. The van der Waals surface area contributed by atoms with Gasteiger partial charge in [0.05, 0.1) is 11.4 Å². The molecule has 28 heavy (non-hydrogen) atoms. The SMILES string of the molecule is Cn1nnnc1SCC1=C(C(=O)O)N2C(=O)C(NC(=S)CC(F)(F)F)[C@@H]2SC1. The Kier molecular flexibility index (Phi) is 5.86. The van der Waals surface area contributed by atoms with Crippen LogP contribution in [-0.2, 0) is 16.6 Å². The predicted octanol–water partition coefficient (Wildman–Crippen LogP) is 0.794. The first-order valence-corrected chi connectivity index (χ1v) is 10.1. The molecule has 15 heteroatoms. The lowest BCUT2D eigenvalue weighted by Gasteiger charge is -2.49. The van der Waals surface area contributed by atoms with Crippen LogP contribution in [0.3, 0.4) is 0 Å². The van der Waals surface area contributed by atoms with E-state index < -0.39 is 40.9 Å². The summed E-state index contributed by atoms with van der Waals surface area (Å²) in [5.74, 6) is -1.34. The maximum absolute atomic E-state index is 12.4. The number of carboxylic acid groups (broad SMARTS) is 1. The third-order valence-corrected chi connectivity index (χ3v) is 6.58. The van der Waals surface area contributed by atoms with Crippen LogP contribution in [0, 0.1) is 0 Å². The highest BCUT2D eigenvalue weighted by Crippen LogP contribution is 2.41. The molecule has 0 saturated carbocycles. The van der Waals surface area contributed by atoms with Gasteiger partial charge in [-0.05, 0) is 16.0 Å². The number of aryl methyl sites for hydroxylation is 1. The number of thioether (sulfide) groups is 2. The zero-order chi connectivity index (χ0) is 20.6. The summed E-state index contributed by atoms with van der Waals surface area (Å²) in [6, 6.07) is -0.980. The number of thiocarbonyl (C=S) groups is 1. The second-order valence-corrected chi connectivity index (χ2v) is 8.42. The first kappa shape index (κ1) is 20.9. The zero-order valence-corrected chi connectivity index (χ0v) is 16.6. The molecule has 2 N–H and O–H groups in total. The molecule has 1 aromatic rings. The van der Waals surface area contributed by atoms with Crippen molar-refractivity contribution in [3.63, 3.8) is 0 Å². The molecule has 1 aromatic heterocycles. The van der Waals surface area contributed by atoms with E-state index in [0.717, 1.165) is 4.90 Å². The highest BCUT2D eigenvalue weighted by atomic mass is 32.2. The number of carbonyl (C=O) groups excluding carboxylic acids is 1. The van der Waals surface area contributed by atoms with Gasteiger partial charge in [0.15, 0.2) is 0 Å². The largest absolute Gasteiger partial charge is 0.477 e. The zero-order valence-electron chi connectivity index (χ0n) is 14.1. The summed E-state index contributed by atoms with van der Waals surface area (Å²) in [7, 11) is 1.64. The number of rotatable bonds is 6. The van der Waals surface area contributed by atoms with Gasteiger partial charge < -0.3 is 10.4 Å². The molecule has 1 amide bonds. The number of carboxylic acids is 1. The van der Waals surface area contributed by atoms with Gasteiger partial charge in [0, 0.05) is 18.6 Å². The molecule has 1 saturated heterocycles. The summed E-state index contributed by atoms with van der Waals surface area (Å²) in [6.45, 7) is 0. The average Bonchev–Trinajstić information content (AvgIpc) is 3.00. The number of hydrogen-bond donors (Lipinski definition) is 2. The molecule has 2 atom stereocenters. The van der Waals surface area contributed by atoms with Crippen molar-refractivity contribution < 1.29 is 27.9 Å². The number of alkyl halides is 3. The van der Waals surface area contributed by atoms with Crippen LogP contribution in [0.2, 0.25) is 0 Å². The van der Waals surface area contributed by atoms with E-state index in [4.69, 9.17) is 0 Å². The Balaban J connectivity index is 1.72. The van der Waals surface area contributed by atoms with Gasteiger partial charge in [0.2, 0.25) is 5.16 Å². The van der Waals surface area contributed by atoms with Crippen LogP contribution in [-0.4, -0.2) is 76.2 Å². The van der Waals surface area contributed by atoms with Crippen LogP contribution < -0.4 is 5.32 Å². The topological polar surface area (TPSA) is 113 Å². The molecular weight excluding hydrogens is 441 g/mol. The Labute approximate surface area is 170 Å². The van der Waals surface area contributed by atoms with Gasteiger partial charge in [-0.15, -0.1) is 16.9 Å². The second kappa shape index (κ2) is 7.87. The highest BCUT2D eigenvalue weighted by molar-refractivity contribution is 8.01. The van der Waals surface area contributed by atoms with Crippen LogP contribution in [0.5, 0.6) is 0 Å². The van der Waals surface area contributed by atoms with E-state index in [1.807, 2.05) is 0 Å². The minimum absolute atomic E-state index is 0.156. The van der Waals surface area contributed by atoms with Crippen molar-refractivity contribution in [3.8, 4) is 0 Å². The average molecular weight is 454 g/mol. The monoisotopic (exact) mass is 454 g/mol. The van der Waals surface area contributed by atoms with Crippen LogP contribution >= 0.6 is 35.7 Å². The van der Waals surface area contributed by atoms with Crippen molar-refractivity contribution in [2.75, 3.05) is 11.5 Å². The van der Waals surface area contributed by atoms with E-state index >= 15 is 0 Å². The number of nitrogens with one attached hydrogen (secondary N) is 1. The number of fused-ring (bicyclic) bond motifs is 1. The summed E-state index contributed by atoms with van der Waals surface area (Å²) < 4.78 is 38.7. The first-order chi connectivity index (χ1) is 13.1. The van der Waals surface area contributed by atoms with Crippen LogP contribution in [0.25, 0.3) is 0 Å². The maximum Gasteiger partial charge on any atom is 0.395 e. The molecule has 0 radical (unpaired) electrons. The molecule has 0 bridgehead atoms. The molecule has 1 fully saturated rings. The Morgan fingerprint density at radius 1 is 1.50 bits per heavy atom. The minimum atomic E-state index is -4.48. The second-order valence-electron chi connectivity index (χ2n) is 5.88. The summed E-state index contributed by atoms with van der Waals surface area (Å²) in [5, 5.41) is 22.8. The van der Waals surface area contributed by atoms with Crippen LogP contribution in [0.1, 0.15) is 6.42 Å². The summed E-state index contributed by atoms with van der Waals surface area (Å²) in [6.07, 6.45) is -5.82. The van der Waals surface area contributed by atoms with Gasteiger partial charge in [-0.3, -0.25) is 9.69 Å². The lowest BCUT2D eigenvalue weighted by Crippen LogP contribution is -2.70. The summed E-state index contributed by atoms with van der Waals surface area (Å²) >= 11 is 7.15. The van der Waals surface area contributed by atoms with Gasteiger partial charge in [0.25, 0.3) is 5.91 Å². The number of hydrogen-bond acceptors (Lipinski definition) is 8. The minimum Gasteiger partial charge on any atom is -0.477 e. The Morgan fingerprint density at radius 3 is 2.79 bits per heavy atom. The van der Waals surface area contributed by atoms with Crippen molar-refractivity contribution in [1.29, 1.82) is 0 Å². The van der Waals surface area contributed by atoms with Gasteiger partial charge in [-0.1, -0.05) is 24.0 Å². The normalized spacial score (nSPS) is 22.0. The van der Waals surface area contributed by atoms with E-state index in [2.05, 4.69) is 33.1 Å². The number of aliphatic carboxylic acids is 1. The molecule has 152 valence electrons. The van der Waals surface area contributed by atoms with Crippen LogP contribution in [0.15, 0.2) is 16.4 Å². The molecule has 2 aliphatic heterocycles. The molecule has 3 heterocycles. The van der Waals surface area contributed by atoms with Crippen molar-refractivity contribution in [1.82, 2.24) is 30.4 Å². The van der Waals surface area contributed by atoms with E-state index in [9.17, 15) is 27.9 Å². The fraction of sp³-hybridized carbons (Fsp3) is 0.538. The van der Waals surface area contributed by atoms with Gasteiger partial charge in [-0.2, -0.15) is 13.2 Å². The smallest absolute Gasteiger partial charge is 0.395 e. The number of tetrazole rings is 1. The Morgan fingerprint density at radius 2 is 2.21 bits per heavy atom. The predicted molar refractivity (Wildman–Crippen MR) is 97.5 cm³/mol. The molecule has 3 rings (SSSR count). The van der Waals surface area contributed by atoms with Crippen LogP contribution in [0.4, 0.5) is 13.2 Å². The van der Waals surface area contributed by atoms with E-state index in [1.165, 1.54) is 28.2 Å². The van der Waals surface area contributed by atoms with E-state index in [0.29, 0.717) is 16.5 Å². The third-order valence-electron chi connectivity index (χ3n) is 3.88. The summed E-state index contributed by atoms with van der Waals surface area (Å²) in [5.41, 5.74) is 0.350. The number of aromatic nitrogens is 4. The molecule has 2 aliphatic rings. The lowest BCUT2D eigenvalue weighted by atomic mass is 10.0. The molecule has 0 aliphatic carbocycles. The number of amides is 1. The quantitative estimate of drug-likeness (QED) is 0.363. The fourth-order valence-electron chi connectivity index (χ4n) is 2.70. The fourth-order valence-corrected chi connectivity index (χ4v) is 5.32. The number of β-lactam (4-membered cyclic amide) rings is 1. The lowest BCUT2D eigenvalue weighted by molar-refractivity contribution is -0.148. The molecule has 0 spiro atoms. The maximum atomic E-state index is 12.4. The van der Waals surface area contributed by atoms with Crippen molar-refractivity contribution in [2.45, 2.75) is 29.2 Å². The van der Waals surface area contributed by atoms with Crippen molar-refractivity contribution in [3.05, 3.63) is 11.3 Å². The Bertz CT molecular complexity index is 858. The van der Waals surface area contributed by atoms with E-state index in [1.54, 1.807) is 7.05 Å². The van der Waals surface area contributed by atoms with E-state index in [-0.39, 0.29) is 11.4 Å². The van der Waals surface area contributed by atoms with Crippen molar-refractivity contribution in [2.24, 2.45) is 7.05 Å². The molecule has 9 nitrogen and oxygen atoms in total. The van der Waals surface area contributed by atoms with Gasteiger partial charge in [-0.25, -0.2) is 9.48 Å². The standard InChI is InChI=1S/C13H13F3N6O3S3/c1-21-12(18-19-20-21)28-4-5-3-27-10-7(17-6(26)2-13(14,15)16)9(23)22(10)8(5)11(24)25/h7,10H,2-4H2,1H3,(H,17,26)(H,24,25)/t7?,10-/m0/s1. The van der Waals surface area contributed by atoms with Gasteiger partial charge >= 0.3 is 12.1 Å². The third kappa shape index (κ3) is 4.25.